The fourth-order valence-electron chi connectivity index (χ4n) is 3.68. The van der Waals surface area contributed by atoms with Crippen LogP contribution in [0.2, 0.25) is 0 Å². The standard InChI is InChI=1S/C19H21FN4O3/c1-27-15-3-5-24(11-15)18-8-14(20)7-17(22-18)23-4-2-12-6-16(19(25)26)21-9-13(12)10-23/h6-9,15H,2-5,10-11H2,1H3,(H,25,26). The molecule has 1 saturated heterocycles. The number of halogens is 1. The molecule has 7 nitrogen and oxygen atoms in total. The molecule has 0 spiro atoms. The van der Waals surface area contributed by atoms with Crippen LogP contribution in [0.1, 0.15) is 28.0 Å². The number of carbonyl (C=O) groups is 1. The van der Waals surface area contributed by atoms with Crippen molar-refractivity contribution in [3.8, 4) is 0 Å². The predicted molar refractivity (Wildman–Crippen MR) is 97.8 cm³/mol. The van der Waals surface area contributed by atoms with Crippen molar-refractivity contribution in [3.05, 3.63) is 47.0 Å². The van der Waals surface area contributed by atoms with Crippen LogP contribution in [-0.4, -0.2) is 53.9 Å². The summed E-state index contributed by atoms with van der Waals surface area (Å²) in [6.45, 7) is 2.67. The summed E-state index contributed by atoms with van der Waals surface area (Å²) in [4.78, 5) is 23.8. The second-order valence-electron chi connectivity index (χ2n) is 6.91. The van der Waals surface area contributed by atoms with Gasteiger partial charge in [-0.1, -0.05) is 0 Å². The van der Waals surface area contributed by atoms with Gasteiger partial charge in [0, 0.05) is 51.6 Å². The third-order valence-electron chi connectivity index (χ3n) is 5.20. The summed E-state index contributed by atoms with van der Waals surface area (Å²) in [6.07, 6.45) is 3.31. The minimum Gasteiger partial charge on any atom is -0.477 e. The fourth-order valence-corrected chi connectivity index (χ4v) is 3.68. The van der Waals surface area contributed by atoms with E-state index in [4.69, 9.17) is 9.84 Å². The van der Waals surface area contributed by atoms with E-state index in [0.717, 1.165) is 24.1 Å². The normalized spacial score (nSPS) is 19.3. The van der Waals surface area contributed by atoms with Crippen LogP contribution in [0.25, 0.3) is 0 Å². The Balaban J connectivity index is 1.56. The lowest BCUT2D eigenvalue weighted by Crippen LogP contribution is -2.32. The van der Waals surface area contributed by atoms with Crippen molar-refractivity contribution >= 4 is 17.6 Å². The van der Waals surface area contributed by atoms with E-state index >= 15 is 0 Å². The number of carboxylic acid groups (broad SMARTS) is 1. The van der Waals surface area contributed by atoms with E-state index in [1.807, 2.05) is 9.80 Å². The lowest BCUT2D eigenvalue weighted by atomic mass is 10.0. The highest BCUT2D eigenvalue weighted by Crippen LogP contribution is 2.28. The maximum Gasteiger partial charge on any atom is 0.354 e. The molecular weight excluding hydrogens is 351 g/mol. The Hall–Kier alpha value is -2.74. The summed E-state index contributed by atoms with van der Waals surface area (Å²) in [5.41, 5.74) is 1.97. The zero-order chi connectivity index (χ0) is 19.0. The number of fused-ring (bicyclic) bond motifs is 1. The molecule has 1 unspecified atom stereocenters. The maximum atomic E-state index is 14.3. The van der Waals surface area contributed by atoms with Gasteiger partial charge in [0.25, 0.3) is 0 Å². The molecule has 8 heteroatoms. The molecule has 2 aliphatic rings. The third-order valence-corrected chi connectivity index (χ3v) is 5.20. The molecular formula is C19H21FN4O3. The molecule has 27 heavy (non-hydrogen) atoms. The summed E-state index contributed by atoms with van der Waals surface area (Å²) in [6, 6.07) is 4.52. The summed E-state index contributed by atoms with van der Waals surface area (Å²) in [7, 11) is 1.69. The van der Waals surface area contributed by atoms with Gasteiger partial charge in [0.05, 0.1) is 6.10 Å². The second-order valence-corrected chi connectivity index (χ2v) is 6.91. The van der Waals surface area contributed by atoms with Gasteiger partial charge >= 0.3 is 5.97 Å². The molecule has 0 bridgehead atoms. The summed E-state index contributed by atoms with van der Waals surface area (Å²) in [5, 5.41) is 9.08. The highest BCUT2D eigenvalue weighted by molar-refractivity contribution is 5.85. The smallest absolute Gasteiger partial charge is 0.354 e. The number of methoxy groups -OCH3 is 1. The number of pyridine rings is 2. The summed E-state index contributed by atoms with van der Waals surface area (Å²) < 4.78 is 19.6. The number of ether oxygens (including phenoxy) is 1. The van der Waals surface area contributed by atoms with Crippen molar-refractivity contribution < 1.29 is 19.0 Å². The number of anilines is 2. The number of aromatic carboxylic acids is 1. The molecule has 2 aromatic heterocycles. The highest BCUT2D eigenvalue weighted by Gasteiger charge is 2.25. The van der Waals surface area contributed by atoms with Crippen LogP contribution in [0.15, 0.2) is 24.4 Å². The van der Waals surface area contributed by atoms with Crippen LogP contribution < -0.4 is 9.80 Å². The molecule has 0 radical (unpaired) electrons. The van der Waals surface area contributed by atoms with E-state index in [2.05, 4.69) is 9.97 Å². The quantitative estimate of drug-likeness (QED) is 0.880. The fraction of sp³-hybridized carbons (Fsp3) is 0.421. The lowest BCUT2D eigenvalue weighted by Gasteiger charge is -2.30. The van der Waals surface area contributed by atoms with Crippen molar-refractivity contribution in [2.24, 2.45) is 0 Å². The molecule has 4 rings (SSSR count). The van der Waals surface area contributed by atoms with Crippen molar-refractivity contribution in [2.45, 2.75) is 25.5 Å². The van der Waals surface area contributed by atoms with E-state index in [0.29, 0.717) is 37.7 Å². The second kappa shape index (κ2) is 7.11. The molecule has 2 aliphatic heterocycles. The van der Waals surface area contributed by atoms with Crippen LogP contribution in [0.3, 0.4) is 0 Å². The van der Waals surface area contributed by atoms with Gasteiger partial charge in [-0.15, -0.1) is 0 Å². The molecule has 142 valence electrons. The topological polar surface area (TPSA) is 78.8 Å². The van der Waals surface area contributed by atoms with Crippen molar-refractivity contribution in [1.82, 2.24) is 9.97 Å². The summed E-state index contributed by atoms with van der Waals surface area (Å²) in [5.74, 6) is -0.147. The van der Waals surface area contributed by atoms with Crippen molar-refractivity contribution in [3.63, 3.8) is 0 Å². The predicted octanol–water partition coefficient (Wildman–Crippen LogP) is 2.10. The average molecular weight is 372 g/mol. The van der Waals surface area contributed by atoms with Crippen LogP contribution in [0.5, 0.6) is 0 Å². The van der Waals surface area contributed by atoms with Gasteiger partial charge in [-0.2, -0.15) is 0 Å². The Morgan fingerprint density at radius 1 is 1.22 bits per heavy atom. The molecule has 0 amide bonds. The number of carboxylic acids is 1. The molecule has 1 atom stereocenters. The number of hydrogen-bond acceptors (Lipinski definition) is 6. The van der Waals surface area contributed by atoms with Gasteiger partial charge in [0.2, 0.25) is 0 Å². The van der Waals surface area contributed by atoms with Gasteiger partial charge in [-0.05, 0) is 30.0 Å². The first-order valence-corrected chi connectivity index (χ1v) is 8.95. The average Bonchev–Trinajstić information content (AvgIpc) is 3.16. The molecule has 2 aromatic rings. The Morgan fingerprint density at radius 2 is 2.00 bits per heavy atom. The zero-order valence-electron chi connectivity index (χ0n) is 15.1. The SMILES string of the molecule is COC1CCN(c2cc(F)cc(N3CCc4cc(C(=O)O)ncc4C3)n2)C1. The van der Waals surface area contributed by atoms with Crippen molar-refractivity contribution in [2.75, 3.05) is 36.5 Å². The molecule has 1 N–H and O–H groups in total. The van der Waals surface area contributed by atoms with Crippen molar-refractivity contribution in [1.29, 1.82) is 0 Å². The van der Waals surface area contributed by atoms with Gasteiger partial charge < -0.3 is 19.6 Å². The monoisotopic (exact) mass is 372 g/mol. The van der Waals surface area contributed by atoms with E-state index in [-0.39, 0.29) is 17.6 Å². The Morgan fingerprint density at radius 3 is 2.70 bits per heavy atom. The molecule has 0 aromatic carbocycles. The minimum atomic E-state index is -1.03. The Labute approximate surface area is 156 Å². The van der Waals surface area contributed by atoms with E-state index in [9.17, 15) is 9.18 Å². The first kappa shape index (κ1) is 17.7. The maximum absolute atomic E-state index is 14.3. The van der Waals surface area contributed by atoms with E-state index in [1.165, 1.54) is 12.1 Å². The van der Waals surface area contributed by atoms with Crippen LogP contribution in [0, 0.1) is 5.82 Å². The van der Waals surface area contributed by atoms with Gasteiger partial charge in [0.15, 0.2) is 0 Å². The lowest BCUT2D eigenvalue weighted by molar-refractivity contribution is 0.0690. The Bertz CT molecular complexity index is 876. The van der Waals surface area contributed by atoms with E-state index in [1.54, 1.807) is 19.4 Å². The number of aromatic nitrogens is 2. The van der Waals surface area contributed by atoms with Crippen LogP contribution in [-0.2, 0) is 17.7 Å². The molecule has 1 fully saturated rings. The van der Waals surface area contributed by atoms with Gasteiger partial charge in [-0.3, -0.25) is 0 Å². The van der Waals surface area contributed by atoms with Crippen LogP contribution >= 0.6 is 0 Å². The zero-order valence-corrected chi connectivity index (χ0v) is 15.1. The molecule has 0 saturated carbocycles. The minimum absolute atomic E-state index is 0.0510. The van der Waals surface area contributed by atoms with E-state index < -0.39 is 5.97 Å². The van der Waals surface area contributed by atoms with Crippen LogP contribution in [0.4, 0.5) is 16.0 Å². The number of hydrogen-bond donors (Lipinski definition) is 1. The Kier molecular flexibility index (Phi) is 4.65. The molecule has 0 aliphatic carbocycles. The third kappa shape index (κ3) is 3.57. The number of nitrogens with zero attached hydrogens (tertiary/aromatic N) is 4. The summed E-state index contributed by atoms with van der Waals surface area (Å²) >= 11 is 0. The first-order valence-electron chi connectivity index (χ1n) is 8.95. The first-order chi connectivity index (χ1) is 13.0. The number of rotatable bonds is 4. The highest BCUT2D eigenvalue weighted by atomic mass is 19.1. The largest absolute Gasteiger partial charge is 0.477 e. The molecule has 4 heterocycles. The van der Waals surface area contributed by atoms with Gasteiger partial charge in [-0.25, -0.2) is 19.2 Å². The van der Waals surface area contributed by atoms with Gasteiger partial charge in [0.1, 0.15) is 23.1 Å².